The fourth-order valence-corrected chi connectivity index (χ4v) is 5.40. The van der Waals surface area contributed by atoms with Crippen molar-refractivity contribution < 1.29 is 2.85 Å². The zero-order valence-corrected chi connectivity index (χ0v) is 22.0. The van der Waals surface area contributed by atoms with Gasteiger partial charge < -0.3 is 5.32 Å². The average Bonchev–Trinajstić information content (AvgIpc) is 3.52. The van der Waals surface area contributed by atoms with Crippen molar-refractivity contribution in [2.24, 2.45) is 23.7 Å². The Labute approximate surface area is 205 Å². The summed E-state index contributed by atoms with van der Waals surface area (Å²) in [6, 6.07) is 4.43. The topological polar surface area (TPSA) is 37.8 Å². The van der Waals surface area contributed by atoms with Gasteiger partial charge in [0.1, 0.15) is 0 Å². The largest absolute Gasteiger partial charge is 0.381 e. The van der Waals surface area contributed by atoms with Crippen molar-refractivity contribution in [3.8, 4) is 0 Å². The summed E-state index contributed by atoms with van der Waals surface area (Å²) in [6.07, 6.45) is 14.8. The SMILES string of the molecule is C=C/C=C(\C(=C/C)NCc1cc(CC)c2nccnc2c1)C1C(C)C1[C@H](CC)CCC.CC.[HH].[HH]. The van der Waals surface area contributed by atoms with E-state index in [-0.39, 0.29) is 2.85 Å². The summed E-state index contributed by atoms with van der Waals surface area (Å²) in [5.74, 6) is 2.97. The molecule has 4 atom stereocenters. The molecule has 1 aromatic carbocycles. The van der Waals surface area contributed by atoms with E-state index in [4.69, 9.17) is 0 Å². The van der Waals surface area contributed by atoms with E-state index in [1.807, 2.05) is 19.9 Å². The van der Waals surface area contributed by atoms with Crippen LogP contribution in [0.3, 0.4) is 0 Å². The standard InChI is InChI=1S/C28H39N3.C2H6.2H2/c1-7-12-21(9-3)26-19(6)27(26)23(13-8-2)24(11-5)31-18-20-16-22(10-4)28-25(17-20)29-14-15-30-28;1-2;;/h8,11,13-17,19,21,26-27,31H,2,7,9-10,12,18H2,1,3-6H3;1-2H3;2*1H/b23-13+,24-11+;;;/t19?,21-,26?,27?;;;/m1.../s1. The predicted octanol–water partition coefficient (Wildman–Crippen LogP) is 8.52. The lowest BCUT2D eigenvalue weighted by atomic mass is 9.91. The van der Waals surface area contributed by atoms with Crippen LogP contribution in [0, 0.1) is 23.7 Å². The third-order valence-corrected chi connectivity index (χ3v) is 7.01. The van der Waals surface area contributed by atoms with E-state index in [9.17, 15) is 0 Å². The van der Waals surface area contributed by atoms with Crippen LogP contribution in [0.1, 0.15) is 81.7 Å². The molecular weight excluding hydrogens is 402 g/mol. The van der Waals surface area contributed by atoms with E-state index in [1.54, 1.807) is 12.4 Å². The molecule has 1 N–H and O–H groups in total. The van der Waals surface area contributed by atoms with Gasteiger partial charge in [0.25, 0.3) is 0 Å². The minimum atomic E-state index is 0. The van der Waals surface area contributed by atoms with Crippen LogP contribution in [0.2, 0.25) is 0 Å². The Kier molecular flexibility index (Phi) is 10.8. The van der Waals surface area contributed by atoms with Crippen LogP contribution in [-0.4, -0.2) is 9.97 Å². The molecule has 3 unspecified atom stereocenters. The molecule has 184 valence electrons. The van der Waals surface area contributed by atoms with Crippen molar-refractivity contribution in [3.63, 3.8) is 0 Å². The van der Waals surface area contributed by atoms with Gasteiger partial charge in [0, 0.05) is 27.5 Å². The molecule has 0 aliphatic heterocycles. The van der Waals surface area contributed by atoms with Crippen LogP contribution >= 0.6 is 0 Å². The van der Waals surface area contributed by atoms with Crippen molar-refractivity contribution >= 4 is 11.0 Å². The number of rotatable bonds is 11. The molecule has 1 fully saturated rings. The fourth-order valence-electron chi connectivity index (χ4n) is 5.40. The maximum absolute atomic E-state index is 4.54. The highest BCUT2D eigenvalue weighted by Gasteiger charge is 2.51. The first-order valence-electron chi connectivity index (χ1n) is 13.0. The van der Waals surface area contributed by atoms with Gasteiger partial charge in [-0.2, -0.15) is 0 Å². The Balaban J connectivity index is 0.00000282. The quantitative estimate of drug-likeness (QED) is 0.348. The van der Waals surface area contributed by atoms with Crippen LogP contribution in [-0.2, 0) is 13.0 Å². The molecule has 1 heterocycles. The van der Waals surface area contributed by atoms with Gasteiger partial charge in [0.2, 0.25) is 0 Å². The molecule has 0 spiro atoms. The molecular formula is C30H49N3. The van der Waals surface area contributed by atoms with Crippen molar-refractivity contribution in [2.75, 3.05) is 0 Å². The molecule has 2 aromatic rings. The van der Waals surface area contributed by atoms with Crippen LogP contribution in [0.5, 0.6) is 0 Å². The van der Waals surface area contributed by atoms with Gasteiger partial charge in [-0.1, -0.05) is 91.7 Å². The predicted molar refractivity (Wildman–Crippen MR) is 148 cm³/mol. The lowest BCUT2D eigenvalue weighted by molar-refractivity contribution is 0.385. The second kappa shape index (κ2) is 13.3. The van der Waals surface area contributed by atoms with Crippen LogP contribution < -0.4 is 5.32 Å². The fraction of sp³-hybridized carbons (Fsp3) is 0.533. The highest BCUT2D eigenvalue weighted by molar-refractivity contribution is 5.78. The van der Waals surface area contributed by atoms with E-state index in [2.05, 4.69) is 80.8 Å². The second-order valence-corrected chi connectivity index (χ2v) is 8.87. The molecule has 0 bridgehead atoms. The number of fused-ring (bicyclic) bond motifs is 1. The van der Waals surface area contributed by atoms with E-state index >= 15 is 0 Å². The first kappa shape index (κ1) is 26.8. The normalized spacial score (nSPS) is 21.2. The molecule has 0 saturated heterocycles. The maximum Gasteiger partial charge on any atom is 0.0918 e. The minimum absolute atomic E-state index is 0. The first-order chi connectivity index (χ1) is 16.1. The zero-order chi connectivity index (χ0) is 24.4. The lowest BCUT2D eigenvalue weighted by Crippen LogP contribution is -2.17. The lowest BCUT2D eigenvalue weighted by Gasteiger charge is -2.18. The Morgan fingerprint density at radius 3 is 2.52 bits per heavy atom. The number of nitrogens with one attached hydrogen (secondary N) is 1. The van der Waals surface area contributed by atoms with Gasteiger partial charge in [-0.25, -0.2) is 0 Å². The van der Waals surface area contributed by atoms with Gasteiger partial charge >= 0.3 is 0 Å². The molecule has 3 heteroatoms. The number of aromatic nitrogens is 2. The van der Waals surface area contributed by atoms with Crippen molar-refractivity contribution in [1.29, 1.82) is 0 Å². The summed E-state index contributed by atoms with van der Waals surface area (Å²) < 4.78 is 0. The van der Waals surface area contributed by atoms with Crippen LogP contribution in [0.25, 0.3) is 11.0 Å². The maximum atomic E-state index is 4.54. The summed E-state index contributed by atoms with van der Waals surface area (Å²) in [5, 5.41) is 3.73. The summed E-state index contributed by atoms with van der Waals surface area (Å²) in [7, 11) is 0. The van der Waals surface area contributed by atoms with Gasteiger partial charge in [-0.15, -0.1) is 0 Å². The summed E-state index contributed by atoms with van der Waals surface area (Å²) >= 11 is 0. The Hall–Kier alpha value is -2.42. The summed E-state index contributed by atoms with van der Waals surface area (Å²) in [5.41, 5.74) is 7.16. The Morgan fingerprint density at radius 2 is 1.91 bits per heavy atom. The van der Waals surface area contributed by atoms with Crippen molar-refractivity contribution in [2.45, 2.75) is 80.7 Å². The van der Waals surface area contributed by atoms with Gasteiger partial charge in [-0.05, 0) is 59.8 Å². The number of hydrogen-bond acceptors (Lipinski definition) is 3. The summed E-state index contributed by atoms with van der Waals surface area (Å²) in [6.45, 7) is 20.2. The first-order valence-corrected chi connectivity index (χ1v) is 13.0. The third kappa shape index (κ3) is 6.34. The van der Waals surface area contributed by atoms with E-state index in [0.717, 1.165) is 41.8 Å². The zero-order valence-electron chi connectivity index (χ0n) is 22.0. The molecule has 0 amide bonds. The number of hydrogen-bond donors (Lipinski definition) is 1. The van der Waals surface area contributed by atoms with Gasteiger partial charge in [0.15, 0.2) is 0 Å². The average molecular weight is 452 g/mol. The number of benzene rings is 1. The molecule has 1 aliphatic rings. The van der Waals surface area contributed by atoms with E-state index in [0.29, 0.717) is 5.92 Å². The Morgan fingerprint density at radius 1 is 1.18 bits per heavy atom. The highest BCUT2D eigenvalue weighted by atomic mass is 14.9. The molecule has 3 nitrogen and oxygen atoms in total. The molecule has 1 aromatic heterocycles. The Bertz CT molecular complexity index is 967. The molecule has 3 rings (SSSR count). The number of nitrogens with zero attached hydrogens (tertiary/aromatic N) is 2. The monoisotopic (exact) mass is 451 g/mol. The van der Waals surface area contributed by atoms with E-state index < -0.39 is 0 Å². The van der Waals surface area contributed by atoms with Gasteiger partial charge in [-0.3, -0.25) is 9.97 Å². The number of aryl methyl sites for hydroxylation is 1. The van der Waals surface area contributed by atoms with E-state index in [1.165, 1.54) is 41.7 Å². The molecule has 0 radical (unpaired) electrons. The summed E-state index contributed by atoms with van der Waals surface area (Å²) in [4.78, 5) is 9.07. The minimum Gasteiger partial charge on any atom is -0.381 e. The van der Waals surface area contributed by atoms with Crippen LogP contribution in [0.15, 0.2) is 60.6 Å². The third-order valence-electron chi connectivity index (χ3n) is 7.01. The molecule has 1 aliphatic carbocycles. The van der Waals surface area contributed by atoms with Crippen molar-refractivity contribution in [1.82, 2.24) is 15.3 Å². The second-order valence-electron chi connectivity index (χ2n) is 8.87. The molecule has 33 heavy (non-hydrogen) atoms. The smallest absolute Gasteiger partial charge is 0.0918 e. The highest BCUT2D eigenvalue weighted by Crippen LogP contribution is 2.57. The number of allylic oxidation sites excluding steroid dienone is 4. The molecule has 1 saturated carbocycles. The van der Waals surface area contributed by atoms with Crippen molar-refractivity contribution in [3.05, 3.63) is 71.7 Å². The van der Waals surface area contributed by atoms with Crippen LogP contribution in [0.4, 0.5) is 0 Å². The van der Waals surface area contributed by atoms with Gasteiger partial charge in [0.05, 0.1) is 11.0 Å².